The summed E-state index contributed by atoms with van der Waals surface area (Å²) in [6.45, 7) is 2.10. The van der Waals surface area contributed by atoms with Gasteiger partial charge >= 0.3 is 0 Å². The summed E-state index contributed by atoms with van der Waals surface area (Å²) in [5.41, 5.74) is -0.354. The van der Waals surface area contributed by atoms with Crippen molar-refractivity contribution in [3.63, 3.8) is 0 Å². The fourth-order valence-electron chi connectivity index (χ4n) is 3.36. The molecule has 4 nitrogen and oxygen atoms in total. The Bertz CT molecular complexity index is 315. The van der Waals surface area contributed by atoms with Gasteiger partial charge in [0.1, 0.15) is 0 Å². The molecule has 2 atom stereocenters. The number of carbonyl (C=O) groups is 2. The van der Waals surface area contributed by atoms with Gasteiger partial charge in [-0.15, -0.1) is 0 Å². The van der Waals surface area contributed by atoms with Crippen molar-refractivity contribution in [2.45, 2.75) is 31.7 Å². The molecule has 4 heteroatoms. The van der Waals surface area contributed by atoms with E-state index in [9.17, 15) is 9.59 Å². The first-order chi connectivity index (χ1) is 6.72. The molecular weight excluding hydrogens is 180 g/mol. The molecule has 0 aromatic heterocycles. The third kappa shape index (κ3) is 0.869. The smallest absolute Gasteiger partial charge is 0.234 e. The van der Waals surface area contributed by atoms with Crippen molar-refractivity contribution in [1.82, 2.24) is 10.2 Å². The second-order valence-corrected chi connectivity index (χ2v) is 4.65. The summed E-state index contributed by atoms with van der Waals surface area (Å²) in [6.07, 6.45) is 3.55. The Kier molecular flexibility index (Phi) is 1.54. The lowest BCUT2D eigenvalue weighted by Gasteiger charge is -2.26. The highest BCUT2D eigenvalue weighted by Crippen LogP contribution is 2.47. The van der Waals surface area contributed by atoms with Crippen LogP contribution in [0.15, 0.2) is 0 Å². The minimum absolute atomic E-state index is 0.0168. The van der Waals surface area contributed by atoms with Crippen molar-refractivity contribution in [2.75, 3.05) is 13.1 Å². The van der Waals surface area contributed by atoms with Gasteiger partial charge in [-0.2, -0.15) is 0 Å². The van der Waals surface area contributed by atoms with E-state index in [2.05, 4.69) is 10.2 Å². The van der Waals surface area contributed by atoms with Crippen molar-refractivity contribution in [3.05, 3.63) is 0 Å². The fourth-order valence-corrected chi connectivity index (χ4v) is 3.36. The molecule has 0 saturated carbocycles. The van der Waals surface area contributed by atoms with Crippen molar-refractivity contribution in [3.8, 4) is 0 Å². The van der Waals surface area contributed by atoms with Gasteiger partial charge in [-0.3, -0.25) is 19.8 Å². The third-order valence-electron chi connectivity index (χ3n) is 4.03. The number of nitrogens with one attached hydrogen (secondary N) is 1. The van der Waals surface area contributed by atoms with Gasteiger partial charge in [0.05, 0.1) is 5.41 Å². The maximum atomic E-state index is 11.8. The molecule has 1 spiro atoms. The van der Waals surface area contributed by atoms with E-state index >= 15 is 0 Å². The van der Waals surface area contributed by atoms with E-state index in [0.29, 0.717) is 12.5 Å². The summed E-state index contributed by atoms with van der Waals surface area (Å²) in [5.74, 6) is -0.0966. The summed E-state index contributed by atoms with van der Waals surface area (Å²) in [4.78, 5) is 25.4. The second kappa shape index (κ2) is 2.57. The quantitative estimate of drug-likeness (QED) is 0.547. The molecule has 0 aromatic rings. The lowest BCUT2D eigenvalue weighted by Crippen LogP contribution is -2.40. The van der Waals surface area contributed by atoms with Crippen molar-refractivity contribution in [2.24, 2.45) is 5.41 Å². The molecule has 0 aromatic carbocycles. The number of hydrogen-bond acceptors (Lipinski definition) is 3. The van der Waals surface area contributed by atoms with Gasteiger partial charge in [-0.05, 0) is 32.4 Å². The van der Waals surface area contributed by atoms with E-state index in [1.165, 1.54) is 6.42 Å². The number of imide groups is 1. The molecule has 1 N–H and O–H groups in total. The molecule has 3 saturated heterocycles. The normalized spacial score (nSPS) is 42.1. The number of nitrogens with zero attached hydrogens (tertiary/aromatic N) is 1. The Labute approximate surface area is 82.6 Å². The molecule has 0 radical (unpaired) electrons. The largest absolute Gasteiger partial charge is 0.299 e. The molecule has 3 fully saturated rings. The number of carbonyl (C=O) groups excluding carboxylic acids is 2. The van der Waals surface area contributed by atoms with E-state index in [0.717, 1.165) is 25.9 Å². The van der Waals surface area contributed by atoms with Crippen molar-refractivity contribution < 1.29 is 9.59 Å². The molecule has 0 aliphatic carbocycles. The van der Waals surface area contributed by atoms with Crippen LogP contribution in [0, 0.1) is 5.41 Å². The monoisotopic (exact) mass is 194 g/mol. The SMILES string of the molecule is O=C1CC2(CCN3CCCC32)C(=O)N1. The van der Waals surface area contributed by atoms with Gasteiger partial charge in [0.2, 0.25) is 11.8 Å². The van der Waals surface area contributed by atoms with Gasteiger partial charge in [0.25, 0.3) is 0 Å². The Morgan fingerprint density at radius 2 is 2.21 bits per heavy atom. The number of rotatable bonds is 0. The highest BCUT2D eigenvalue weighted by molar-refractivity contribution is 6.06. The van der Waals surface area contributed by atoms with E-state index in [1.807, 2.05) is 0 Å². The molecule has 3 aliphatic rings. The summed E-state index contributed by atoms with van der Waals surface area (Å²) >= 11 is 0. The van der Waals surface area contributed by atoms with Crippen molar-refractivity contribution in [1.29, 1.82) is 0 Å². The zero-order valence-electron chi connectivity index (χ0n) is 8.08. The summed E-state index contributed by atoms with van der Waals surface area (Å²) < 4.78 is 0. The van der Waals surface area contributed by atoms with Crippen LogP contribution in [0.2, 0.25) is 0 Å². The van der Waals surface area contributed by atoms with Gasteiger partial charge in [-0.25, -0.2) is 0 Å². The highest BCUT2D eigenvalue weighted by Gasteiger charge is 2.58. The van der Waals surface area contributed by atoms with E-state index in [-0.39, 0.29) is 17.2 Å². The lowest BCUT2D eigenvalue weighted by atomic mass is 9.78. The molecule has 14 heavy (non-hydrogen) atoms. The first-order valence-electron chi connectivity index (χ1n) is 5.31. The minimum atomic E-state index is -0.354. The van der Waals surface area contributed by atoms with Crippen LogP contribution < -0.4 is 5.32 Å². The van der Waals surface area contributed by atoms with Gasteiger partial charge in [0, 0.05) is 12.5 Å². The van der Waals surface area contributed by atoms with Crippen LogP contribution in [-0.4, -0.2) is 35.8 Å². The average Bonchev–Trinajstić information content (AvgIpc) is 2.73. The number of fused-ring (bicyclic) bond motifs is 2. The zero-order valence-corrected chi connectivity index (χ0v) is 8.08. The van der Waals surface area contributed by atoms with Gasteiger partial charge in [-0.1, -0.05) is 0 Å². The number of hydrogen-bond donors (Lipinski definition) is 1. The maximum absolute atomic E-state index is 11.8. The molecule has 0 bridgehead atoms. The Hall–Kier alpha value is -0.900. The molecule has 2 amide bonds. The topological polar surface area (TPSA) is 49.4 Å². The summed E-state index contributed by atoms with van der Waals surface area (Å²) in [5, 5.41) is 2.46. The van der Waals surface area contributed by atoms with Crippen LogP contribution in [-0.2, 0) is 9.59 Å². The maximum Gasteiger partial charge on any atom is 0.234 e. The van der Waals surface area contributed by atoms with E-state index < -0.39 is 0 Å². The number of amides is 2. The van der Waals surface area contributed by atoms with E-state index in [4.69, 9.17) is 0 Å². The molecule has 3 aliphatic heterocycles. The molecule has 3 rings (SSSR count). The van der Waals surface area contributed by atoms with Crippen LogP contribution >= 0.6 is 0 Å². The van der Waals surface area contributed by atoms with Gasteiger partial charge in [0.15, 0.2) is 0 Å². The molecule has 76 valence electrons. The Balaban J connectivity index is 1.96. The Morgan fingerprint density at radius 3 is 2.93 bits per heavy atom. The van der Waals surface area contributed by atoms with Crippen LogP contribution in [0.5, 0.6) is 0 Å². The predicted molar refractivity (Wildman–Crippen MR) is 49.4 cm³/mol. The molecular formula is C10H14N2O2. The fraction of sp³-hybridized carbons (Fsp3) is 0.800. The summed E-state index contributed by atoms with van der Waals surface area (Å²) in [7, 11) is 0. The van der Waals surface area contributed by atoms with E-state index in [1.54, 1.807) is 0 Å². The van der Waals surface area contributed by atoms with Crippen LogP contribution in [0.1, 0.15) is 25.7 Å². The van der Waals surface area contributed by atoms with Gasteiger partial charge < -0.3 is 0 Å². The third-order valence-corrected chi connectivity index (χ3v) is 4.03. The lowest BCUT2D eigenvalue weighted by molar-refractivity contribution is -0.129. The first-order valence-corrected chi connectivity index (χ1v) is 5.31. The second-order valence-electron chi connectivity index (χ2n) is 4.65. The predicted octanol–water partition coefficient (Wildman–Crippen LogP) is -0.113. The summed E-state index contributed by atoms with van der Waals surface area (Å²) in [6, 6.07) is 0.342. The standard InChI is InChI=1S/C10H14N2O2/c13-8-6-10(9(14)11-8)3-5-12-4-1-2-7(10)12/h7H,1-6H2,(H,11,13,14). The molecule has 3 heterocycles. The molecule has 2 unspecified atom stereocenters. The van der Waals surface area contributed by atoms with Crippen molar-refractivity contribution >= 4 is 11.8 Å². The van der Waals surface area contributed by atoms with Crippen LogP contribution in [0.4, 0.5) is 0 Å². The average molecular weight is 194 g/mol. The highest BCUT2D eigenvalue weighted by atomic mass is 16.2. The Morgan fingerprint density at radius 1 is 1.36 bits per heavy atom. The minimum Gasteiger partial charge on any atom is -0.299 e. The first kappa shape index (κ1) is 8.41. The van der Waals surface area contributed by atoms with Crippen LogP contribution in [0.25, 0.3) is 0 Å². The van der Waals surface area contributed by atoms with Crippen LogP contribution in [0.3, 0.4) is 0 Å². The zero-order chi connectivity index (χ0) is 9.76.